The standard InChI is InChI=1S/C24H30N6O4/c1-27-15-17(26-16-27)8-9-28-10-12-29(13-11-28)24(33)34-21-7-6-18(14-25-21)30-22(31)19-4-2-3-5-20(19)23(30)32/h6-7,14-16,19-20H,2-5,8-13H2,1H3. The second-order valence-electron chi connectivity index (χ2n) is 9.34. The fourth-order valence-corrected chi connectivity index (χ4v) is 5.16. The summed E-state index contributed by atoms with van der Waals surface area (Å²) in [4.78, 5) is 51.9. The minimum Gasteiger partial charge on any atom is -0.391 e. The summed E-state index contributed by atoms with van der Waals surface area (Å²) in [6.07, 6.45) is 9.21. The van der Waals surface area contributed by atoms with Crippen molar-refractivity contribution in [1.82, 2.24) is 24.3 Å². The SMILES string of the molecule is Cn1cnc(CCN2CCN(C(=O)Oc3ccc(N4C(=O)C5CCCCC5C4=O)cn3)CC2)c1. The Labute approximate surface area is 198 Å². The molecule has 10 heteroatoms. The van der Waals surface area contributed by atoms with Gasteiger partial charge in [0.2, 0.25) is 17.7 Å². The van der Waals surface area contributed by atoms with Crippen LogP contribution in [0.1, 0.15) is 31.4 Å². The molecular formula is C24H30N6O4. The van der Waals surface area contributed by atoms with Crippen LogP contribution in [0.2, 0.25) is 0 Å². The van der Waals surface area contributed by atoms with Crippen molar-refractivity contribution in [3.8, 4) is 5.88 Å². The summed E-state index contributed by atoms with van der Waals surface area (Å²) >= 11 is 0. The Kier molecular flexibility index (Phi) is 6.32. The number of carbonyl (C=O) groups is 3. The number of imide groups is 1. The van der Waals surface area contributed by atoms with Crippen molar-refractivity contribution in [2.45, 2.75) is 32.1 Å². The first kappa shape index (κ1) is 22.5. The molecule has 0 radical (unpaired) electrons. The molecular weight excluding hydrogens is 436 g/mol. The third-order valence-corrected chi connectivity index (χ3v) is 7.08. The van der Waals surface area contributed by atoms with Gasteiger partial charge in [0.25, 0.3) is 0 Å². The molecule has 0 N–H and O–H groups in total. The van der Waals surface area contributed by atoms with E-state index in [1.807, 2.05) is 17.8 Å². The monoisotopic (exact) mass is 466 g/mol. The van der Waals surface area contributed by atoms with E-state index in [0.717, 1.165) is 57.4 Å². The Balaban J connectivity index is 1.12. The predicted octanol–water partition coefficient (Wildman–Crippen LogP) is 1.85. The summed E-state index contributed by atoms with van der Waals surface area (Å²) in [5, 5.41) is 0. The van der Waals surface area contributed by atoms with Crippen molar-refractivity contribution in [3.05, 3.63) is 36.5 Å². The minimum absolute atomic E-state index is 0.137. The van der Waals surface area contributed by atoms with E-state index in [-0.39, 0.29) is 29.5 Å². The van der Waals surface area contributed by atoms with E-state index >= 15 is 0 Å². The highest BCUT2D eigenvalue weighted by atomic mass is 16.6. The van der Waals surface area contributed by atoms with E-state index in [0.29, 0.717) is 18.8 Å². The van der Waals surface area contributed by atoms with Gasteiger partial charge in [0.05, 0.1) is 35.7 Å². The number of pyridine rings is 1. The molecule has 3 amide bonds. The van der Waals surface area contributed by atoms with E-state index < -0.39 is 6.09 Å². The Bertz CT molecular complexity index is 1040. The molecule has 4 heterocycles. The first-order valence-corrected chi connectivity index (χ1v) is 12.0. The predicted molar refractivity (Wildman–Crippen MR) is 123 cm³/mol. The van der Waals surface area contributed by atoms with Crippen LogP contribution in [0.25, 0.3) is 0 Å². The molecule has 0 spiro atoms. The lowest BCUT2D eigenvalue weighted by Crippen LogP contribution is -2.50. The second-order valence-corrected chi connectivity index (χ2v) is 9.34. The molecule has 2 aromatic heterocycles. The molecule has 5 rings (SSSR count). The van der Waals surface area contributed by atoms with E-state index in [9.17, 15) is 14.4 Å². The second kappa shape index (κ2) is 9.54. The largest absolute Gasteiger partial charge is 0.416 e. The van der Waals surface area contributed by atoms with Gasteiger partial charge < -0.3 is 14.2 Å². The number of aryl methyl sites for hydroxylation is 1. The number of hydrogen-bond donors (Lipinski definition) is 0. The zero-order chi connectivity index (χ0) is 23.7. The molecule has 3 fully saturated rings. The lowest BCUT2D eigenvalue weighted by atomic mass is 9.81. The third-order valence-electron chi connectivity index (χ3n) is 7.08. The number of aromatic nitrogens is 3. The molecule has 0 bridgehead atoms. The highest BCUT2D eigenvalue weighted by molar-refractivity contribution is 6.22. The zero-order valence-electron chi connectivity index (χ0n) is 19.4. The third kappa shape index (κ3) is 4.54. The maximum absolute atomic E-state index is 12.8. The minimum atomic E-state index is -0.441. The van der Waals surface area contributed by atoms with E-state index in [4.69, 9.17) is 4.74 Å². The van der Waals surface area contributed by atoms with Crippen LogP contribution >= 0.6 is 0 Å². The van der Waals surface area contributed by atoms with Gasteiger partial charge in [0, 0.05) is 58.5 Å². The first-order chi connectivity index (χ1) is 16.5. The van der Waals surface area contributed by atoms with Gasteiger partial charge in [-0.25, -0.2) is 19.7 Å². The van der Waals surface area contributed by atoms with Crippen LogP contribution < -0.4 is 9.64 Å². The molecule has 2 aromatic rings. The van der Waals surface area contributed by atoms with Crippen molar-refractivity contribution in [2.75, 3.05) is 37.6 Å². The van der Waals surface area contributed by atoms with Crippen molar-refractivity contribution in [2.24, 2.45) is 18.9 Å². The average Bonchev–Trinajstić information content (AvgIpc) is 3.39. The number of hydrogen-bond acceptors (Lipinski definition) is 7. The normalized spacial score (nSPS) is 23.3. The summed E-state index contributed by atoms with van der Waals surface area (Å²) in [5.41, 5.74) is 1.50. The van der Waals surface area contributed by atoms with Gasteiger partial charge in [-0.15, -0.1) is 0 Å². The van der Waals surface area contributed by atoms with Crippen LogP contribution in [0, 0.1) is 11.8 Å². The van der Waals surface area contributed by atoms with Crippen LogP contribution in [-0.2, 0) is 23.1 Å². The van der Waals surface area contributed by atoms with Crippen LogP contribution in [0.4, 0.5) is 10.5 Å². The molecule has 2 unspecified atom stereocenters. The number of imidazole rings is 1. The van der Waals surface area contributed by atoms with Crippen LogP contribution in [0.5, 0.6) is 5.88 Å². The zero-order valence-corrected chi connectivity index (χ0v) is 19.4. The van der Waals surface area contributed by atoms with E-state index in [1.54, 1.807) is 23.4 Å². The fraction of sp³-hybridized carbons (Fsp3) is 0.542. The molecule has 3 aliphatic rings. The fourth-order valence-electron chi connectivity index (χ4n) is 5.16. The average molecular weight is 467 g/mol. The quantitative estimate of drug-likeness (QED) is 0.620. The molecule has 2 atom stereocenters. The van der Waals surface area contributed by atoms with E-state index in [1.165, 1.54) is 11.1 Å². The van der Waals surface area contributed by atoms with Gasteiger partial charge in [-0.1, -0.05) is 12.8 Å². The van der Waals surface area contributed by atoms with Crippen LogP contribution in [0.3, 0.4) is 0 Å². The Morgan fingerprint density at radius 3 is 2.32 bits per heavy atom. The number of amides is 3. The molecule has 1 aliphatic carbocycles. The Hall–Kier alpha value is -3.27. The highest BCUT2D eigenvalue weighted by Gasteiger charge is 2.48. The summed E-state index contributed by atoms with van der Waals surface area (Å²) in [7, 11) is 1.96. The number of rotatable bonds is 5. The molecule has 2 saturated heterocycles. The lowest BCUT2D eigenvalue weighted by molar-refractivity contribution is -0.122. The maximum Gasteiger partial charge on any atom is 0.416 e. The van der Waals surface area contributed by atoms with Gasteiger partial charge in [-0.05, 0) is 18.9 Å². The Morgan fingerprint density at radius 2 is 1.74 bits per heavy atom. The number of fused-ring (bicyclic) bond motifs is 1. The summed E-state index contributed by atoms with van der Waals surface area (Å²) < 4.78 is 7.38. The van der Waals surface area contributed by atoms with Gasteiger partial charge in [0.15, 0.2) is 0 Å². The van der Waals surface area contributed by atoms with Gasteiger partial charge >= 0.3 is 6.09 Å². The van der Waals surface area contributed by atoms with Gasteiger partial charge in [-0.3, -0.25) is 14.5 Å². The Morgan fingerprint density at radius 1 is 1.03 bits per heavy atom. The number of ether oxygens (including phenoxy) is 1. The number of anilines is 1. The topological polar surface area (TPSA) is 101 Å². The lowest BCUT2D eigenvalue weighted by Gasteiger charge is -2.33. The molecule has 34 heavy (non-hydrogen) atoms. The van der Waals surface area contributed by atoms with Crippen molar-refractivity contribution in [1.29, 1.82) is 0 Å². The van der Waals surface area contributed by atoms with Crippen LogP contribution in [0.15, 0.2) is 30.9 Å². The molecule has 0 aromatic carbocycles. The number of nitrogens with zero attached hydrogens (tertiary/aromatic N) is 6. The summed E-state index contributed by atoms with van der Waals surface area (Å²) in [6, 6.07) is 3.16. The van der Waals surface area contributed by atoms with Crippen molar-refractivity contribution >= 4 is 23.6 Å². The number of carbonyl (C=O) groups excluding carboxylic acids is 3. The summed E-state index contributed by atoms with van der Waals surface area (Å²) in [6.45, 7) is 3.61. The van der Waals surface area contributed by atoms with Crippen molar-refractivity contribution < 1.29 is 19.1 Å². The van der Waals surface area contributed by atoms with E-state index in [2.05, 4.69) is 14.9 Å². The molecule has 10 nitrogen and oxygen atoms in total. The molecule has 2 aliphatic heterocycles. The smallest absolute Gasteiger partial charge is 0.391 e. The van der Waals surface area contributed by atoms with Crippen molar-refractivity contribution in [3.63, 3.8) is 0 Å². The van der Waals surface area contributed by atoms with Crippen LogP contribution in [-0.4, -0.2) is 75.0 Å². The van der Waals surface area contributed by atoms with Gasteiger partial charge in [-0.2, -0.15) is 0 Å². The number of piperazine rings is 1. The molecule has 1 saturated carbocycles. The molecule has 180 valence electrons. The highest BCUT2D eigenvalue weighted by Crippen LogP contribution is 2.40. The first-order valence-electron chi connectivity index (χ1n) is 12.0. The van der Waals surface area contributed by atoms with Gasteiger partial charge in [0.1, 0.15) is 0 Å². The summed E-state index contributed by atoms with van der Waals surface area (Å²) in [5.74, 6) is -0.532. The maximum atomic E-state index is 12.8.